The first-order valence-corrected chi connectivity index (χ1v) is 6.83. The maximum atomic E-state index is 11.8. The van der Waals surface area contributed by atoms with Gasteiger partial charge in [0.1, 0.15) is 6.26 Å². The monoisotopic (exact) mass is 266 g/mol. The van der Waals surface area contributed by atoms with Gasteiger partial charge in [-0.05, 0) is 32.9 Å². The van der Waals surface area contributed by atoms with E-state index in [9.17, 15) is 4.79 Å². The normalized spacial score (nSPS) is 19.8. The topological polar surface area (TPSA) is 84.4 Å². The SMILES string of the molecule is CN1CCCC1CCNC(=O)c1coc(CCN)n1. The molecule has 1 aromatic heterocycles. The van der Waals surface area contributed by atoms with E-state index in [0.717, 1.165) is 13.0 Å². The molecule has 1 amide bonds. The van der Waals surface area contributed by atoms with Gasteiger partial charge in [-0.1, -0.05) is 0 Å². The van der Waals surface area contributed by atoms with E-state index in [0.29, 0.717) is 37.1 Å². The van der Waals surface area contributed by atoms with E-state index in [1.165, 1.54) is 19.1 Å². The Bertz CT molecular complexity index is 419. The van der Waals surface area contributed by atoms with Gasteiger partial charge in [0.25, 0.3) is 5.91 Å². The van der Waals surface area contributed by atoms with Crippen molar-refractivity contribution in [1.29, 1.82) is 0 Å². The van der Waals surface area contributed by atoms with Crippen molar-refractivity contribution >= 4 is 5.91 Å². The van der Waals surface area contributed by atoms with Crippen LogP contribution in [0.15, 0.2) is 10.7 Å². The van der Waals surface area contributed by atoms with Crippen LogP contribution in [0.25, 0.3) is 0 Å². The average Bonchev–Trinajstić information content (AvgIpc) is 3.00. The number of nitrogens with one attached hydrogen (secondary N) is 1. The lowest BCUT2D eigenvalue weighted by Crippen LogP contribution is -2.31. The number of nitrogens with two attached hydrogens (primary N) is 1. The summed E-state index contributed by atoms with van der Waals surface area (Å²) in [5, 5.41) is 2.88. The number of carbonyl (C=O) groups excluding carboxylic acids is 1. The molecule has 1 aliphatic rings. The van der Waals surface area contributed by atoms with Crippen LogP contribution < -0.4 is 11.1 Å². The predicted octanol–water partition coefficient (Wildman–Crippen LogP) is 0.390. The molecule has 106 valence electrons. The Morgan fingerprint density at radius 1 is 1.68 bits per heavy atom. The highest BCUT2D eigenvalue weighted by molar-refractivity contribution is 5.91. The quantitative estimate of drug-likeness (QED) is 0.778. The lowest BCUT2D eigenvalue weighted by Gasteiger charge is -2.18. The number of rotatable bonds is 6. The third-order valence-corrected chi connectivity index (χ3v) is 3.58. The molecule has 0 bridgehead atoms. The van der Waals surface area contributed by atoms with Crippen molar-refractivity contribution in [3.63, 3.8) is 0 Å². The fourth-order valence-electron chi connectivity index (χ4n) is 2.44. The van der Waals surface area contributed by atoms with Gasteiger partial charge in [0, 0.05) is 25.6 Å². The van der Waals surface area contributed by atoms with Gasteiger partial charge in [-0.2, -0.15) is 0 Å². The van der Waals surface area contributed by atoms with Crippen molar-refractivity contribution in [2.75, 3.05) is 26.7 Å². The first-order valence-electron chi connectivity index (χ1n) is 6.83. The van der Waals surface area contributed by atoms with Gasteiger partial charge in [0.15, 0.2) is 11.6 Å². The summed E-state index contributed by atoms with van der Waals surface area (Å²) in [6.07, 6.45) is 5.40. The van der Waals surface area contributed by atoms with Crippen molar-refractivity contribution in [2.45, 2.75) is 31.7 Å². The number of carbonyl (C=O) groups is 1. The molecule has 1 unspecified atom stereocenters. The van der Waals surface area contributed by atoms with Gasteiger partial charge in [-0.25, -0.2) is 4.98 Å². The Kier molecular flexibility index (Phi) is 4.93. The first-order chi connectivity index (χ1) is 9.20. The highest BCUT2D eigenvalue weighted by atomic mass is 16.3. The van der Waals surface area contributed by atoms with Crippen LogP contribution in [0.3, 0.4) is 0 Å². The molecule has 0 aliphatic carbocycles. The van der Waals surface area contributed by atoms with Gasteiger partial charge in [0.2, 0.25) is 0 Å². The molecule has 1 aliphatic heterocycles. The number of amides is 1. The van der Waals surface area contributed by atoms with Crippen LogP contribution in [-0.2, 0) is 6.42 Å². The zero-order valence-corrected chi connectivity index (χ0v) is 11.4. The first kappa shape index (κ1) is 14.0. The number of hydrogen-bond acceptors (Lipinski definition) is 5. The van der Waals surface area contributed by atoms with Crippen molar-refractivity contribution < 1.29 is 9.21 Å². The molecule has 6 nitrogen and oxygen atoms in total. The summed E-state index contributed by atoms with van der Waals surface area (Å²) in [4.78, 5) is 18.3. The third-order valence-electron chi connectivity index (χ3n) is 3.58. The van der Waals surface area contributed by atoms with Crippen LogP contribution in [0.5, 0.6) is 0 Å². The Morgan fingerprint density at radius 3 is 3.21 bits per heavy atom. The molecular formula is C13H22N4O2. The van der Waals surface area contributed by atoms with Crippen LogP contribution in [0.1, 0.15) is 35.6 Å². The van der Waals surface area contributed by atoms with E-state index in [2.05, 4.69) is 22.2 Å². The summed E-state index contributed by atoms with van der Waals surface area (Å²) in [6.45, 7) is 2.30. The molecule has 0 radical (unpaired) electrons. The molecule has 6 heteroatoms. The second-order valence-electron chi connectivity index (χ2n) is 4.99. The van der Waals surface area contributed by atoms with Gasteiger partial charge in [-0.15, -0.1) is 0 Å². The molecule has 1 saturated heterocycles. The molecule has 1 fully saturated rings. The van der Waals surface area contributed by atoms with Crippen LogP contribution in [0, 0.1) is 0 Å². The van der Waals surface area contributed by atoms with Crippen LogP contribution in [0.2, 0.25) is 0 Å². The van der Waals surface area contributed by atoms with E-state index in [4.69, 9.17) is 10.2 Å². The maximum absolute atomic E-state index is 11.8. The second-order valence-corrected chi connectivity index (χ2v) is 4.99. The lowest BCUT2D eigenvalue weighted by atomic mass is 10.1. The van der Waals surface area contributed by atoms with E-state index < -0.39 is 0 Å². The van der Waals surface area contributed by atoms with Gasteiger partial charge in [0.05, 0.1) is 0 Å². The molecule has 0 saturated carbocycles. The smallest absolute Gasteiger partial charge is 0.273 e. The van der Waals surface area contributed by atoms with Crippen molar-refractivity contribution in [1.82, 2.24) is 15.2 Å². The fraction of sp³-hybridized carbons (Fsp3) is 0.692. The van der Waals surface area contributed by atoms with E-state index in [-0.39, 0.29) is 5.91 Å². The van der Waals surface area contributed by atoms with Crippen molar-refractivity contribution in [3.8, 4) is 0 Å². The lowest BCUT2D eigenvalue weighted by molar-refractivity contribution is 0.0945. The van der Waals surface area contributed by atoms with E-state index in [1.807, 2.05) is 0 Å². The molecule has 3 N–H and O–H groups in total. The standard InChI is InChI=1S/C13H22N4O2/c1-17-8-2-3-10(17)5-7-15-13(18)11-9-19-12(16-11)4-6-14/h9-10H,2-8,14H2,1H3,(H,15,18). The number of likely N-dealkylation sites (tertiary alicyclic amines) is 1. The summed E-state index contributed by atoms with van der Waals surface area (Å²) in [5.74, 6) is 0.343. The summed E-state index contributed by atoms with van der Waals surface area (Å²) >= 11 is 0. The minimum absolute atomic E-state index is 0.173. The highest BCUT2D eigenvalue weighted by Crippen LogP contribution is 2.17. The predicted molar refractivity (Wildman–Crippen MR) is 71.9 cm³/mol. The number of nitrogens with zero attached hydrogens (tertiary/aromatic N) is 2. The molecule has 0 spiro atoms. The Labute approximate surface area is 113 Å². The number of oxazole rings is 1. The molecular weight excluding hydrogens is 244 g/mol. The molecule has 1 atom stereocenters. The molecule has 1 aromatic rings. The molecule has 19 heavy (non-hydrogen) atoms. The number of hydrogen-bond donors (Lipinski definition) is 2. The Morgan fingerprint density at radius 2 is 2.53 bits per heavy atom. The summed E-state index contributed by atoms with van der Waals surface area (Å²) in [5.41, 5.74) is 5.74. The Hall–Kier alpha value is -1.40. The zero-order chi connectivity index (χ0) is 13.7. The van der Waals surface area contributed by atoms with Crippen LogP contribution in [0.4, 0.5) is 0 Å². The largest absolute Gasteiger partial charge is 0.448 e. The maximum Gasteiger partial charge on any atom is 0.273 e. The third kappa shape index (κ3) is 3.78. The summed E-state index contributed by atoms with van der Waals surface area (Å²) < 4.78 is 5.16. The zero-order valence-electron chi connectivity index (χ0n) is 11.4. The summed E-state index contributed by atoms with van der Waals surface area (Å²) in [6, 6.07) is 0.588. The van der Waals surface area contributed by atoms with Gasteiger partial charge in [-0.3, -0.25) is 4.79 Å². The molecule has 2 rings (SSSR count). The van der Waals surface area contributed by atoms with E-state index in [1.54, 1.807) is 0 Å². The molecule has 2 heterocycles. The minimum atomic E-state index is -0.173. The van der Waals surface area contributed by atoms with Crippen molar-refractivity contribution in [2.24, 2.45) is 5.73 Å². The summed E-state index contributed by atoms with van der Waals surface area (Å²) in [7, 11) is 2.14. The average molecular weight is 266 g/mol. The minimum Gasteiger partial charge on any atom is -0.448 e. The van der Waals surface area contributed by atoms with Gasteiger partial charge < -0.3 is 20.4 Å². The Balaban J connectivity index is 1.74. The van der Waals surface area contributed by atoms with Gasteiger partial charge >= 0.3 is 0 Å². The van der Waals surface area contributed by atoms with Crippen molar-refractivity contribution in [3.05, 3.63) is 17.8 Å². The fourth-order valence-corrected chi connectivity index (χ4v) is 2.44. The second kappa shape index (κ2) is 6.68. The van der Waals surface area contributed by atoms with E-state index >= 15 is 0 Å². The highest BCUT2D eigenvalue weighted by Gasteiger charge is 2.20. The van der Waals surface area contributed by atoms with Crippen LogP contribution in [-0.4, -0.2) is 48.5 Å². The number of aromatic nitrogens is 1. The molecule has 0 aromatic carbocycles. The van der Waals surface area contributed by atoms with Crippen LogP contribution >= 0.6 is 0 Å².